The van der Waals surface area contributed by atoms with Gasteiger partial charge in [-0.1, -0.05) is 0 Å². The molecule has 112 valence electrons. The molecule has 1 saturated heterocycles. The van der Waals surface area contributed by atoms with Crippen LogP contribution in [0.4, 0.5) is 4.79 Å². The molecular formula is C14H19N5O2. The number of aromatic nitrogens is 3. The highest BCUT2D eigenvalue weighted by Crippen LogP contribution is 2.24. The number of carbonyl (C=O) groups excluding carboxylic acids is 1. The van der Waals surface area contributed by atoms with E-state index in [1.165, 1.54) is 0 Å². The first-order chi connectivity index (χ1) is 10.2. The predicted molar refractivity (Wildman–Crippen MR) is 75.5 cm³/mol. The van der Waals surface area contributed by atoms with Crippen molar-refractivity contribution in [1.29, 1.82) is 0 Å². The van der Waals surface area contributed by atoms with E-state index in [-0.39, 0.29) is 11.9 Å². The first kappa shape index (κ1) is 13.7. The van der Waals surface area contributed by atoms with Gasteiger partial charge >= 0.3 is 6.03 Å². The van der Waals surface area contributed by atoms with E-state index >= 15 is 0 Å². The number of hydrogen-bond donors (Lipinski definition) is 1. The summed E-state index contributed by atoms with van der Waals surface area (Å²) in [6.45, 7) is 1.87. The summed E-state index contributed by atoms with van der Waals surface area (Å²) in [5, 5.41) is 11.0. The molecule has 0 saturated carbocycles. The van der Waals surface area contributed by atoms with E-state index in [0.717, 1.165) is 31.0 Å². The molecule has 7 nitrogen and oxygen atoms in total. The number of aryl methyl sites for hydroxylation is 1. The molecule has 21 heavy (non-hydrogen) atoms. The summed E-state index contributed by atoms with van der Waals surface area (Å²) in [6.07, 6.45) is 5.32. The van der Waals surface area contributed by atoms with E-state index < -0.39 is 0 Å². The van der Waals surface area contributed by atoms with Gasteiger partial charge in [-0.3, -0.25) is 0 Å². The van der Waals surface area contributed by atoms with Crippen molar-refractivity contribution in [2.24, 2.45) is 7.05 Å². The van der Waals surface area contributed by atoms with Gasteiger partial charge in [0.15, 0.2) is 0 Å². The minimum Gasteiger partial charge on any atom is -0.467 e. The lowest BCUT2D eigenvalue weighted by atomic mass is 9.97. The molecule has 3 heterocycles. The standard InChI is InChI=1S/C14H19N5O2/c1-18-10-16-17-13(18)11-4-2-6-19(9-11)14(20)15-8-12-5-3-7-21-12/h3,5,7,10-11H,2,4,6,8-9H2,1H3,(H,15,20). The van der Waals surface area contributed by atoms with Gasteiger partial charge in [-0.25, -0.2) is 4.79 Å². The van der Waals surface area contributed by atoms with Crippen molar-refractivity contribution in [3.05, 3.63) is 36.3 Å². The summed E-state index contributed by atoms with van der Waals surface area (Å²) in [7, 11) is 1.94. The number of nitrogens with one attached hydrogen (secondary N) is 1. The van der Waals surface area contributed by atoms with Crippen LogP contribution in [0.1, 0.15) is 30.3 Å². The highest BCUT2D eigenvalue weighted by atomic mass is 16.3. The fourth-order valence-corrected chi connectivity index (χ4v) is 2.72. The summed E-state index contributed by atoms with van der Waals surface area (Å²) in [4.78, 5) is 14.1. The second kappa shape index (κ2) is 5.99. The number of hydrogen-bond acceptors (Lipinski definition) is 4. The van der Waals surface area contributed by atoms with E-state index in [1.54, 1.807) is 12.6 Å². The number of furan rings is 1. The van der Waals surface area contributed by atoms with Crippen molar-refractivity contribution in [2.75, 3.05) is 13.1 Å². The SMILES string of the molecule is Cn1cnnc1C1CCCN(C(=O)NCc2ccco2)C1. The van der Waals surface area contributed by atoms with Gasteiger partial charge in [0.2, 0.25) is 0 Å². The number of nitrogens with zero attached hydrogens (tertiary/aromatic N) is 4. The molecule has 2 aromatic heterocycles. The Balaban J connectivity index is 1.58. The van der Waals surface area contributed by atoms with Crippen LogP contribution in [0.2, 0.25) is 0 Å². The van der Waals surface area contributed by atoms with Gasteiger partial charge in [0, 0.05) is 26.1 Å². The number of carbonyl (C=O) groups is 1. The number of amides is 2. The summed E-state index contributed by atoms with van der Waals surface area (Å²) in [5.41, 5.74) is 0. The van der Waals surface area contributed by atoms with E-state index in [9.17, 15) is 4.79 Å². The summed E-state index contributed by atoms with van der Waals surface area (Å²) in [6, 6.07) is 3.60. The Morgan fingerprint density at radius 2 is 2.48 bits per heavy atom. The minimum absolute atomic E-state index is 0.0572. The Kier molecular flexibility index (Phi) is 3.89. The molecule has 3 rings (SSSR count). The number of urea groups is 1. The van der Waals surface area contributed by atoms with Crippen molar-refractivity contribution in [2.45, 2.75) is 25.3 Å². The Bertz CT molecular complexity index is 592. The fourth-order valence-electron chi connectivity index (χ4n) is 2.72. The quantitative estimate of drug-likeness (QED) is 0.929. The van der Waals surface area contributed by atoms with Crippen molar-refractivity contribution < 1.29 is 9.21 Å². The van der Waals surface area contributed by atoms with E-state index in [0.29, 0.717) is 13.1 Å². The smallest absolute Gasteiger partial charge is 0.317 e. The number of likely N-dealkylation sites (tertiary alicyclic amines) is 1. The fraction of sp³-hybridized carbons (Fsp3) is 0.500. The normalized spacial score (nSPS) is 18.7. The van der Waals surface area contributed by atoms with Crippen LogP contribution < -0.4 is 5.32 Å². The average molecular weight is 289 g/mol. The second-order valence-electron chi connectivity index (χ2n) is 5.32. The Hall–Kier alpha value is -2.31. The summed E-state index contributed by atoms with van der Waals surface area (Å²) >= 11 is 0. The summed E-state index contributed by atoms with van der Waals surface area (Å²) in [5.74, 6) is 1.95. The van der Waals surface area contributed by atoms with E-state index in [1.807, 2.05) is 28.6 Å². The Morgan fingerprint density at radius 1 is 1.57 bits per heavy atom. The molecular weight excluding hydrogens is 270 g/mol. The van der Waals surface area contributed by atoms with Crippen LogP contribution in [0, 0.1) is 0 Å². The molecule has 0 aliphatic carbocycles. The molecule has 1 aliphatic heterocycles. The van der Waals surface area contributed by atoms with Crippen LogP contribution in [0.5, 0.6) is 0 Å². The van der Waals surface area contributed by atoms with Crippen LogP contribution in [0.15, 0.2) is 29.1 Å². The third kappa shape index (κ3) is 3.07. The predicted octanol–water partition coefficient (Wildman–Crippen LogP) is 1.50. The molecule has 7 heteroatoms. The largest absolute Gasteiger partial charge is 0.467 e. The molecule has 0 aromatic carbocycles. The average Bonchev–Trinajstić information content (AvgIpc) is 3.16. The monoisotopic (exact) mass is 289 g/mol. The van der Waals surface area contributed by atoms with Gasteiger partial charge in [-0.05, 0) is 25.0 Å². The zero-order valence-corrected chi connectivity index (χ0v) is 12.0. The second-order valence-corrected chi connectivity index (χ2v) is 5.32. The van der Waals surface area contributed by atoms with Crippen molar-refractivity contribution in [3.8, 4) is 0 Å². The van der Waals surface area contributed by atoms with Crippen LogP contribution in [0.25, 0.3) is 0 Å². The molecule has 2 amide bonds. The Labute approximate surface area is 122 Å². The number of rotatable bonds is 3. The first-order valence-corrected chi connectivity index (χ1v) is 7.13. The highest BCUT2D eigenvalue weighted by molar-refractivity contribution is 5.74. The zero-order chi connectivity index (χ0) is 14.7. The Morgan fingerprint density at radius 3 is 3.19 bits per heavy atom. The maximum Gasteiger partial charge on any atom is 0.317 e. The van der Waals surface area contributed by atoms with Gasteiger partial charge in [0.25, 0.3) is 0 Å². The third-order valence-corrected chi connectivity index (χ3v) is 3.81. The molecule has 1 unspecified atom stereocenters. The van der Waals surface area contributed by atoms with E-state index in [4.69, 9.17) is 4.42 Å². The van der Waals surface area contributed by atoms with Crippen molar-refractivity contribution >= 4 is 6.03 Å². The molecule has 0 bridgehead atoms. The molecule has 2 aromatic rings. The van der Waals surface area contributed by atoms with Gasteiger partial charge in [0.05, 0.1) is 12.8 Å². The molecule has 1 N–H and O–H groups in total. The molecule has 1 fully saturated rings. The van der Waals surface area contributed by atoms with Gasteiger partial charge < -0.3 is 19.2 Å². The van der Waals surface area contributed by atoms with Crippen LogP contribution in [0.3, 0.4) is 0 Å². The topological polar surface area (TPSA) is 76.2 Å². The van der Waals surface area contributed by atoms with Crippen LogP contribution >= 0.6 is 0 Å². The maximum atomic E-state index is 12.2. The zero-order valence-electron chi connectivity index (χ0n) is 12.0. The molecule has 0 spiro atoms. The maximum absolute atomic E-state index is 12.2. The highest BCUT2D eigenvalue weighted by Gasteiger charge is 2.27. The first-order valence-electron chi connectivity index (χ1n) is 7.13. The molecule has 1 aliphatic rings. The lowest BCUT2D eigenvalue weighted by Gasteiger charge is -2.32. The van der Waals surface area contributed by atoms with Crippen LogP contribution in [-0.2, 0) is 13.6 Å². The van der Waals surface area contributed by atoms with Gasteiger partial charge in [-0.2, -0.15) is 0 Å². The lowest BCUT2D eigenvalue weighted by Crippen LogP contribution is -2.45. The number of piperidine rings is 1. The van der Waals surface area contributed by atoms with Crippen LogP contribution in [-0.4, -0.2) is 38.8 Å². The van der Waals surface area contributed by atoms with Gasteiger partial charge in [0.1, 0.15) is 17.9 Å². The molecule has 1 atom stereocenters. The van der Waals surface area contributed by atoms with Gasteiger partial charge in [-0.15, -0.1) is 10.2 Å². The summed E-state index contributed by atoms with van der Waals surface area (Å²) < 4.78 is 7.14. The van der Waals surface area contributed by atoms with E-state index in [2.05, 4.69) is 15.5 Å². The minimum atomic E-state index is -0.0572. The van der Waals surface area contributed by atoms with Crippen molar-refractivity contribution in [3.63, 3.8) is 0 Å². The van der Waals surface area contributed by atoms with Crippen molar-refractivity contribution in [1.82, 2.24) is 25.0 Å². The lowest BCUT2D eigenvalue weighted by molar-refractivity contribution is 0.176. The molecule has 0 radical (unpaired) electrons. The third-order valence-electron chi connectivity index (χ3n) is 3.81.